The van der Waals surface area contributed by atoms with Crippen LogP contribution in [0.4, 0.5) is 0 Å². The van der Waals surface area contributed by atoms with E-state index in [-0.39, 0.29) is 5.54 Å². The van der Waals surface area contributed by atoms with Gasteiger partial charge in [-0.15, -0.1) is 0 Å². The van der Waals surface area contributed by atoms with Gasteiger partial charge in [-0.3, -0.25) is 4.98 Å². The van der Waals surface area contributed by atoms with Crippen molar-refractivity contribution in [3.63, 3.8) is 0 Å². The lowest BCUT2D eigenvalue weighted by molar-refractivity contribution is 0.554. The predicted octanol–water partition coefficient (Wildman–Crippen LogP) is 1.93. The Labute approximate surface area is 71.4 Å². The Morgan fingerprint density at radius 1 is 1.55 bits per heavy atom. The summed E-state index contributed by atoms with van der Waals surface area (Å²) in [4.78, 5) is 3.87. The first-order valence-corrected chi connectivity index (χ1v) is 3.78. The highest BCUT2D eigenvalue weighted by Crippen LogP contribution is 2.23. The van der Waals surface area contributed by atoms with Crippen LogP contribution in [0, 0.1) is 0 Å². The van der Waals surface area contributed by atoms with E-state index in [9.17, 15) is 0 Å². The van der Waals surface area contributed by atoms with Gasteiger partial charge in [-0.05, 0) is 25.5 Å². The fourth-order valence-electron chi connectivity index (χ4n) is 0.898. The molecule has 0 saturated heterocycles. The quantitative estimate of drug-likeness (QED) is 0.700. The molecular weight excluding hydrogens is 160 g/mol. The minimum absolute atomic E-state index is 0.389. The van der Waals surface area contributed by atoms with E-state index >= 15 is 0 Å². The maximum absolute atomic E-state index is 5.87. The fraction of sp³-hybridized carbons (Fsp3) is 0.375. The number of pyridine rings is 1. The first kappa shape index (κ1) is 8.50. The van der Waals surface area contributed by atoms with Crippen LogP contribution in [-0.4, -0.2) is 4.98 Å². The van der Waals surface area contributed by atoms with Crippen molar-refractivity contribution in [2.24, 2.45) is 5.73 Å². The van der Waals surface area contributed by atoms with Crippen LogP contribution in [0.5, 0.6) is 0 Å². The number of aromatic nitrogens is 1. The van der Waals surface area contributed by atoms with Crippen LogP contribution in [0.1, 0.15) is 19.4 Å². The number of rotatable bonds is 1. The third kappa shape index (κ3) is 1.91. The smallest absolute Gasteiger partial charge is 0.0639 e. The van der Waals surface area contributed by atoms with E-state index in [0.717, 1.165) is 5.56 Å². The highest BCUT2D eigenvalue weighted by Gasteiger charge is 2.16. The zero-order valence-corrected chi connectivity index (χ0v) is 7.39. The fourth-order valence-corrected chi connectivity index (χ4v) is 1.26. The van der Waals surface area contributed by atoms with Gasteiger partial charge in [0.1, 0.15) is 0 Å². The van der Waals surface area contributed by atoms with Crippen LogP contribution in [0.25, 0.3) is 0 Å². The molecule has 0 unspecified atom stereocenters. The molecule has 3 heteroatoms. The summed E-state index contributed by atoms with van der Waals surface area (Å²) in [7, 11) is 0. The maximum atomic E-state index is 5.87. The second-order valence-corrected chi connectivity index (χ2v) is 3.48. The van der Waals surface area contributed by atoms with Crippen LogP contribution >= 0.6 is 11.6 Å². The largest absolute Gasteiger partial charge is 0.322 e. The number of nitrogens with two attached hydrogens (primary N) is 1. The van der Waals surface area contributed by atoms with Gasteiger partial charge in [0.25, 0.3) is 0 Å². The van der Waals surface area contributed by atoms with E-state index in [2.05, 4.69) is 4.98 Å². The average molecular weight is 171 g/mol. The number of nitrogens with zero attached hydrogens (tertiary/aromatic N) is 1. The molecule has 0 saturated carbocycles. The SMILES string of the molecule is CC(C)(N)c1ccncc1Cl. The topological polar surface area (TPSA) is 38.9 Å². The molecule has 1 aromatic heterocycles. The lowest BCUT2D eigenvalue weighted by Crippen LogP contribution is -2.28. The molecule has 11 heavy (non-hydrogen) atoms. The zero-order chi connectivity index (χ0) is 8.48. The number of hydrogen-bond acceptors (Lipinski definition) is 2. The van der Waals surface area contributed by atoms with Crippen LogP contribution in [0.2, 0.25) is 5.02 Å². The van der Waals surface area contributed by atoms with Crippen molar-refractivity contribution < 1.29 is 0 Å². The van der Waals surface area contributed by atoms with E-state index in [1.54, 1.807) is 12.4 Å². The molecule has 0 bridgehead atoms. The average Bonchev–Trinajstić information content (AvgIpc) is 1.86. The lowest BCUT2D eigenvalue weighted by Gasteiger charge is -2.19. The monoisotopic (exact) mass is 170 g/mol. The molecule has 0 aromatic carbocycles. The van der Waals surface area contributed by atoms with Crippen molar-refractivity contribution in [3.8, 4) is 0 Å². The first-order valence-electron chi connectivity index (χ1n) is 3.40. The van der Waals surface area contributed by atoms with Gasteiger partial charge in [-0.25, -0.2) is 0 Å². The van der Waals surface area contributed by atoms with E-state index in [0.29, 0.717) is 5.02 Å². The van der Waals surface area contributed by atoms with E-state index in [1.165, 1.54) is 0 Å². The Balaban J connectivity index is 3.14. The van der Waals surface area contributed by atoms with Crippen molar-refractivity contribution in [2.75, 3.05) is 0 Å². The summed E-state index contributed by atoms with van der Waals surface area (Å²) in [5.41, 5.74) is 6.38. The van der Waals surface area contributed by atoms with Crippen molar-refractivity contribution in [2.45, 2.75) is 19.4 Å². The maximum Gasteiger partial charge on any atom is 0.0639 e. The summed E-state index contributed by atoms with van der Waals surface area (Å²) < 4.78 is 0. The minimum Gasteiger partial charge on any atom is -0.322 e. The molecule has 0 aliphatic rings. The highest BCUT2D eigenvalue weighted by molar-refractivity contribution is 6.31. The van der Waals surface area contributed by atoms with Crippen molar-refractivity contribution >= 4 is 11.6 Å². The molecule has 2 nitrogen and oxygen atoms in total. The Morgan fingerprint density at radius 2 is 2.18 bits per heavy atom. The van der Waals surface area contributed by atoms with Gasteiger partial charge in [-0.1, -0.05) is 11.6 Å². The molecular formula is C8H11ClN2. The zero-order valence-electron chi connectivity index (χ0n) is 6.63. The molecule has 2 N–H and O–H groups in total. The molecule has 0 amide bonds. The third-order valence-electron chi connectivity index (χ3n) is 1.47. The van der Waals surface area contributed by atoms with Crippen LogP contribution in [-0.2, 0) is 5.54 Å². The molecule has 0 aliphatic carbocycles. The highest BCUT2D eigenvalue weighted by atomic mass is 35.5. The Bertz CT molecular complexity index is 253. The number of halogens is 1. The molecule has 0 atom stereocenters. The lowest BCUT2D eigenvalue weighted by atomic mass is 9.97. The van der Waals surface area contributed by atoms with Crippen LogP contribution < -0.4 is 5.73 Å². The molecule has 0 radical (unpaired) electrons. The van der Waals surface area contributed by atoms with Crippen LogP contribution in [0.3, 0.4) is 0 Å². The van der Waals surface area contributed by atoms with Gasteiger partial charge in [0.2, 0.25) is 0 Å². The van der Waals surface area contributed by atoms with Gasteiger partial charge in [-0.2, -0.15) is 0 Å². The standard InChI is InChI=1S/C8H11ClN2/c1-8(2,10)6-3-4-11-5-7(6)9/h3-5H,10H2,1-2H3. The summed E-state index contributed by atoms with van der Waals surface area (Å²) in [6.07, 6.45) is 3.29. The van der Waals surface area contributed by atoms with Crippen LogP contribution in [0.15, 0.2) is 18.5 Å². The summed E-state index contributed by atoms with van der Waals surface area (Å²) in [6, 6.07) is 1.84. The first-order chi connectivity index (χ1) is 5.02. The van der Waals surface area contributed by atoms with Gasteiger partial charge in [0, 0.05) is 17.9 Å². The molecule has 0 spiro atoms. The Kier molecular flexibility index (Phi) is 2.16. The van der Waals surface area contributed by atoms with E-state index in [4.69, 9.17) is 17.3 Å². The summed E-state index contributed by atoms with van der Waals surface area (Å²) in [6.45, 7) is 3.82. The molecule has 60 valence electrons. The van der Waals surface area contributed by atoms with Crippen molar-refractivity contribution in [1.29, 1.82) is 0 Å². The van der Waals surface area contributed by atoms with Gasteiger partial charge < -0.3 is 5.73 Å². The molecule has 1 rings (SSSR count). The number of hydrogen-bond donors (Lipinski definition) is 1. The molecule has 1 aromatic rings. The van der Waals surface area contributed by atoms with E-state index in [1.807, 2.05) is 19.9 Å². The summed E-state index contributed by atoms with van der Waals surface area (Å²) in [5, 5.41) is 0.625. The van der Waals surface area contributed by atoms with Crippen molar-refractivity contribution in [3.05, 3.63) is 29.0 Å². The predicted molar refractivity (Wildman–Crippen MR) is 46.5 cm³/mol. The molecule has 1 heterocycles. The normalized spacial score (nSPS) is 11.6. The van der Waals surface area contributed by atoms with Crippen molar-refractivity contribution in [1.82, 2.24) is 4.98 Å². The molecule has 0 fully saturated rings. The third-order valence-corrected chi connectivity index (χ3v) is 1.77. The van der Waals surface area contributed by atoms with Gasteiger partial charge >= 0.3 is 0 Å². The molecule has 0 aliphatic heterocycles. The summed E-state index contributed by atoms with van der Waals surface area (Å²) >= 11 is 5.87. The van der Waals surface area contributed by atoms with E-state index < -0.39 is 0 Å². The second-order valence-electron chi connectivity index (χ2n) is 3.08. The van der Waals surface area contributed by atoms with Gasteiger partial charge in [0.15, 0.2) is 0 Å². The van der Waals surface area contributed by atoms with Gasteiger partial charge in [0.05, 0.1) is 5.02 Å². The minimum atomic E-state index is -0.389. The Hall–Kier alpha value is -0.600. The Morgan fingerprint density at radius 3 is 2.55 bits per heavy atom. The summed E-state index contributed by atoms with van der Waals surface area (Å²) in [5.74, 6) is 0. The second kappa shape index (κ2) is 2.80.